The third kappa shape index (κ3) is 13.7. The highest BCUT2D eigenvalue weighted by atomic mass is 16.8. The fourth-order valence-corrected chi connectivity index (χ4v) is 21.4. The Morgan fingerprint density at radius 1 is 0.433 bits per heavy atom. The van der Waals surface area contributed by atoms with Crippen molar-refractivity contribution in [2.75, 3.05) is 19.8 Å². The number of esters is 1. The first-order valence-electron chi connectivity index (χ1n) is 36.9. The summed E-state index contributed by atoms with van der Waals surface area (Å²) in [5.74, 6) is -3.95. The Balaban J connectivity index is 0.798. The van der Waals surface area contributed by atoms with Crippen LogP contribution in [0.25, 0.3) is 0 Å². The summed E-state index contributed by atoms with van der Waals surface area (Å²) >= 11 is 0. The van der Waals surface area contributed by atoms with Crippen LogP contribution >= 0.6 is 0 Å². The lowest BCUT2D eigenvalue weighted by atomic mass is 9.31. The second-order valence-corrected chi connectivity index (χ2v) is 34.0. The molecular formula is C70H112O34. The van der Waals surface area contributed by atoms with Crippen molar-refractivity contribution in [3.05, 3.63) is 0 Å². The van der Waals surface area contributed by atoms with Gasteiger partial charge in [0.1, 0.15) is 134 Å². The fraction of sp³-hybridized carbons (Fsp3) is 0.957. The molecule has 18 N–H and O–H groups in total. The average molecular weight is 1500 g/mol. The standard InChI is InChI=1S/C70H112O34/c1-25-36(75)40(79)46(85)60(94-25)101-53-37(76)26(2)95-63(56(53)103-61-48(87)44(83)50(27(3)96-61)99-59-49(88)52(32(74)23-93-59)100-58-45(84)38(77)31(73)22-92-58)104-64(91)70-18-16-65(4,5)20-30(70)28-10-11-35-66(6)14-12-29(67(7,24-72)34(66)13-15-69(35,9)68(28,8)17-19-70)51-54(42(81)43(82)55(98-51)57(89)90)102-62-47(86)41(80)39(78)33(21-71)97-62/h24-56,58-63,71,73-88H,10-23H2,1-9H3,(H,89,90)/t25-,26+,27-,28+,29+,30-,31+,32+,33+,34+,35+,36-,37-,38-,39+,40+,41-,42-,43-,44-,45+,46+,47+,48+,49+,50-,51-,52-,53-,54+,55-,56+,58-,59-,60-,61-,62-,63-,66-,67+,68+,69+,70-/m0/s1. The number of carbonyl (C=O) groups excluding carboxylic acids is 2. The summed E-state index contributed by atoms with van der Waals surface area (Å²) in [6, 6.07) is 0. The molecule has 43 atom stereocenters. The zero-order valence-electron chi connectivity index (χ0n) is 60.0. The van der Waals surface area contributed by atoms with Crippen LogP contribution in [0.5, 0.6) is 0 Å². The zero-order chi connectivity index (χ0) is 75.9. The lowest BCUT2D eigenvalue weighted by Crippen LogP contribution is -2.70. The van der Waals surface area contributed by atoms with Gasteiger partial charge in [0.05, 0.1) is 49.7 Å². The van der Waals surface area contributed by atoms with Crippen LogP contribution in [-0.4, -0.2) is 333 Å². The molecule has 0 unspecified atom stereocenters. The highest BCUT2D eigenvalue weighted by Gasteiger charge is 2.73. The van der Waals surface area contributed by atoms with E-state index in [0.29, 0.717) is 64.2 Å². The minimum Gasteiger partial charge on any atom is -0.479 e. The van der Waals surface area contributed by atoms with Crippen LogP contribution < -0.4 is 0 Å². The molecule has 5 saturated carbocycles. The Kier molecular flexibility index (Phi) is 23.5. The number of aliphatic carboxylic acids is 1. The summed E-state index contributed by atoms with van der Waals surface area (Å²) in [5, 5.41) is 198. The van der Waals surface area contributed by atoms with E-state index >= 15 is 4.79 Å². The average Bonchev–Trinajstić information content (AvgIpc) is 0.669. The van der Waals surface area contributed by atoms with Crippen molar-refractivity contribution < 1.29 is 168 Å². The van der Waals surface area contributed by atoms with Crippen molar-refractivity contribution in [1.82, 2.24) is 0 Å². The number of aliphatic hydroxyl groups excluding tert-OH is 17. The first-order chi connectivity index (χ1) is 48.7. The van der Waals surface area contributed by atoms with Gasteiger partial charge >= 0.3 is 11.9 Å². The van der Waals surface area contributed by atoms with Crippen molar-refractivity contribution in [1.29, 1.82) is 0 Å². The van der Waals surface area contributed by atoms with Gasteiger partial charge in [-0.3, -0.25) is 4.79 Å². The molecule has 7 heterocycles. The number of hydrogen-bond donors (Lipinski definition) is 18. The first kappa shape index (κ1) is 81.0. The van der Waals surface area contributed by atoms with Crippen LogP contribution in [-0.2, 0) is 76.0 Å². The number of carboxylic acid groups (broad SMARTS) is 1. The molecule has 0 radical (unpaired) electrons. The number of fused-ring (bicyclic) bond motifs is 7. The highest BCUT2D eigenvalue weighted by molar-refractivity contribution is 5.78. The topological polar surface area (TPSA) is 535 Å². The monoisotopic (exact) mass is 1500 g/mol. The largest absolute Gasteiger partial charge is 0.479 e. The summed E-state index contributed by atoms with van der Waals surface area (Å²) < 4.78 is 78.8. The number of carboxylic acids is 1. The molecule has 0 bridgehead atoms. The minimum absolute atomic E-state index is 0.0314. The quantitative estimate of drug-likeness (QED) is 0.0511. The molecular weight excluding hydrogens is 1380 g/mol. The smallest absolute Gasteiger partial charge is 0.335 e. The normalized spacial score (nSPS) is 56.2. The van der Waals surface area contributed by atoms with E-state index in [1.54, 1.807) is 6.92 Å². The Labute approximate surface area is 601 Å². The molecule has 34 heteroatoms. The molecule has 12 aliphatic rings. The van der Waals surface area contributed by atoms with Crippen molar-refractivity contribution in [2.45, 2.75) is 335 Å². The predicted molar refractivity (Wildman–Crippen MR) is 344 cm³/mol. The third-order valence-electron chi connectivity index (χ3n) is 27.7. The predicted octanol–water partition coefficient (Wildman–Crippen LogP) is -4.58. The lowest BCUT2D eigenvalue weighted by Gasteiger charge is -2.73. The van der Waals surface area contributed by atoms with E-state index in [0.717, 1.165) is 6.29 Å². The maximum atomic E-state index is 16.1. The molecule has 7 aliphatic heterocycles. The number of aldehydes is 1. The van der Waals surface area contributed by atoms with Crippen LogP contribution in [0.1, 0.15) is 133 Å². The van der Waals surface area contributed by atoms with Crippen LogP contribution in [0.4, 0.5) is 0 Å². The Bertz CT molecular complexity index is 2990. The van der Waals surface area contributed by atoms with Gasteiger partial charge in [0.2, 0.25) is 6.29 Å². The minimum atomic E-state index is -2.08. The molecule has 0 spiro atoms. The van der Waals surface area contributed by atoms with Crippen LogP contribution in [0.2, 0.25) is 0 Å². The molecule has 12 rings (SSSR count). The Morgan fingerprint density at radius 3 is 1.62 bits per heavy atom. The lowest BCUT2D eigenvalue weighted by molar-refractivity contribution is -0.392. The molecule has 0 aromatic rings. The van der Waals surface area contributed by atoms with Gasteiger partial charge in [-0.2, -0.15) is 0 Å². The van der Waals surface area contributed by atoms with Gasteiger partial charge in [0.25, 0.3) is 0 Å². The summed E-state index contributed by atoms with van der Waals surface area (Å²) in [5.41, 5.74) is -4.21. The second-order valence-electron chi connectivity index (χ2n) is 34.0. The number of hydrogen-bond acceptors (Lipinski definition) is 33. The second kappa shape index (κ2) is 30.2. The number of aliphatic hydroxyl groups is 17. The van der Waals surface area contributed by atoms with Gasteiger partial charge in [0, 0.05) is 11.3 Å². The van der Waals surface area contributed by atoms with E-state index in [1.807, 2.05) is 0 Å². The summed E-state index contributed by atoms with van der Waals surface area (Å²) in [6.45, 7) is 15.5. The van der Waals surface area contributed by atoms with E-state index in [-0.39, 0.29) is 35.5 Å². The first-order valence-corrected chi connectivity index (χ1v) is 36.9. The summed E-state index contributed by atoms with van der Waals surface area (Å²) in [7, 11) is 0. The van der Waals surface area contributed by atoms with Crippen molar-refractivity contribution >= 4 is 18.2 Å². The molecule has 104 heavy (non-hydrogen) atoms. The number of ether oxygens (including phenoxy) is 13. The van der Waals surface area contributed by atoms with Gasteiger partial charge < -0.3 is 158 Å². The van der Waals surface area contributed by atoms with Crippen LogP contribution in [0.15, 0.2) is 0 Å². The maximum absolute atomic E-state index is 16.1. The molecule has 0 amide bonds. The summed E-state index contributed by atoms with van der Waals surface area (Å²) in [6.07, 6.45) is -50.1. The van der Waals surface area contributed by atoms with E-state index in [1.165, 1.54) is 20.8 Å². The van der Waals surface area contributed by atoms with Gasteiger partial charge in [-0.05, 0) is 137 Å². The van der Waals surface area contributed by atoms with Crippen molar-refractivity contribution in [3.8, 4) is 0 Å². The molecule has 0 aromatic carbocycles. The molecule has 596 valence electrons. The van der Waals surface area contributed by atoms with Crippen LogP contribution in [0, 0.1) is 62.1 Å². The van der Waals surface area contributed by atoms with Gasteiger partial charge in [-0.25, -0.2) is 4.79 Å². The van der Waals surface area contributed by atoms with E-state index in [2.05, 4.69) is 34.6 Å². The van der Waals surface area contributed by atoms with E-state index < -0.39 is 267 Å². The Morgan fingerprint density at radius 2 is 0.971 bits per heavy atom. The van der Waals surface area contributed by atoms with Crippen LogP contribution in [0.3, 0.4) is 0 Å². The van der Waals surface area contributed by atoms with E-state index in [9.17, 15) is 102 Å². The molecule has 5 aliphatic carbocycles. The van der Waals surface area contributed by atoms with Crippen molar-refractivity contribution in [2.24, 2.45) is 62.1 Å². The zero-order valence-corrected chi connectivity index (χ0v) is 60.0. The SMILES string of the molecule is C[C@@H]1O[C@@H](O[C@H]2[C@@H](O)[C@@H](C)O[C@@H](OC(=O)[C@]34CCC(C)(C)C[C@H]3[C@H]3CC[C@@H]5[C@@]6(C)CC[C@H]([C@@H]7O[C@H](C(=O)O)[C@@H](O)[C@H](O)[C@H]7O[C@@H]7O[C@H](CO)[C@@H](O)[C@H](O)[C@H]7O)[C@@](C)(C=O)[C@@H]6CC[C@@]5(C)[C@]3(C)CC4)[C@@H]2O[C@@H]2O[C@@H](C)[C@H](O[C@@H]3OC[C@@H](O)[C@H](O[C@@H]4OC[C@@H](O)[C@H](O)[C@H]4O)[C@H]3O)[C@@H](O)[C@H]2O)[C@H](O)[C@H](O)[C@H]1O. The molecule has 0 aromatic heterocycles. The molecule has 12 fully saturated rings. The van der Waals surface area contributed by atoms with E-state index in [4.69, 9.17) is 61.6 Å². The molecule has 34 nitrogen and oxygen atoms in total. The highest BCUT2D eigenvalue weighted by Crippen LogP contribution is 2.78. The van der Waals surface area contributed by atoms with Gasteiger partial charge in [-0.15, -0.1) is 0 Å². The summed E-state index contributed by atoms with van der Waals surface area (Å²) in [4.78, 5) is 43.1. The third-order valence-corrected chi connectivity index (χ3v) is 27.7. The molecule has 7 saturated heterocycles. The maximum Gasteiger partial charge on any atom is 0.335 e. The fourth-order valence-electron chi connectivity index (χ4n) is 21.4. The number of rotatable bonds is 16. The van der Waals surface area contributed by atoms with Gasteiger partial charge in [0.15, 0.2) is 43.7 Å². The number of carbonyl (C=O) groups is 3. The van der Waals surface area contributed by atoms with Gasteiger partial charge in [-0.1, -0.05) is 41.5 Å². The van der Waals surface area contributed by atoms with Crippen molar-refractivity contribution in [3.63, 3.8) is 0 Å². The Hall–Kier alpha value is -2.55.